The van der Waals surface area contributed by atoms with E-state index < -0.39 is 12.0 Å². The molecule has 0 bridgehead atoms. The van der Waals surface area contributed by atoms with Crippen molar-refractivity contribution in [3.05, 3.63) is 114 Å². The maximum absolute atomic E-state index is 11.8. The van der Waals surface area contributed by atoms with Crippen LogP contribution in [0.4, 0.5) is 5.82 Å². The lowest BCUT2D eigenvalue weighted by Crippen LogP contribution is -2.31. The van der Waals surface area contributed by atoms with Gasteiger partial charge in [0.2, 0.25) is 0 Å². The summed E-state index contributed by atoms with van der Waals surface area (Å²) in [4.78, 5) is 20.4. The predicted molar refractivity (Wildman–Crippen MR) is 127 cm³/mol. The standard InChI is InChI=1S/C27H25N3O2/c31-27(32)25(17-22-9-5-2-6-10-22)30-26-18-24(28-19-29-26)23-15-13-21(14-16-23)12-11-20-7-3-1-4-8-20/h1-10,13-16,18-19,25H,11-12,17H2,(H,31,32)(H,28,29,30). The van der Waals surface area contributed by atoms with Gasteiger partial charge in [-0.1, -0.05) is 84.9 Å². The zero-order valence-corrected chi connectivity index (χ0v) is 17.7. The SMILES string of the molecule is O=C(O)C(Cc1ccccc1)Nc1cc(-c2ccc(CCc3ccccc3)cc2)ncn1. The van der Waals surface area contributed by atoms with Crippen LogP contribution in [0, 0.1) is 0 Å². The third kappa shape index (κ3) is 5.79. The highest BCUT2D eigenvalue weighted by atomic mass is 16.4. The second-order valence-corrected chi connectivity index (χ2v) is 7.70. The Balaban J connectivity index is 1.43. The summed E-state index contributed by atoms with van der Waals surface area (Å²) >= 11 is 0. The summed E-state index contributed by atoms with van der Waals surface area (Å²) in [6.45, 7) is 0. The van der Waals surface area contributed by atoms with Crippen LogP contribution in [0.2, 0.25) is 0 Å². The van der Waals surface area contributed by atoms with Crippen molar-refractivity contribution in [2.45, 2.75) is 25.3 Å². The van der Waals surface area contributed by atoms with E-state index in [0.717, 1.165) is 29.7 Å². The fraction of sp³-hybridized carbons (Fsp3) is 0.148. The van der Waals surface area contributed by atoms with Crippen LogP contribution in [0.15, 0.2) is 97.3 Å². The molecule has 1 atom stereocenters. The fourth-order valence-electron chi connectivity index (χ4n) is 3.60. The van der Waals surface area contributed by atoms with Crippen molar-refractivity contribution in [1.29, 1.82) is 0 Å². The maximum atomic E-state index is 11.8. The number of carboxylic acids is 1. The smallest absolute Gasteiger partial charge is 0.326 e. The van der Waals surface area contributed by atoms with E-state index in [1.165, 1.54) is 17.5 Å². The quantitative estimate of drug-likeness (QED) is 0.395. The third-order valence-electron chi connectivity index (χ3n) is 5.36. The van der Waals surface area contributed by atoms with Crippen molar-refractivity contribution < 1.29 is 9.90 Å². The molecule has 0 radical (unpaired) electrons. The Morgan fingerprint density at radius 1 is 0.781 bits per heavy atom. The number of aryl methyl sites for hydroxylation is 2. The molecule has 2 N–H and O–H groups in total. The van der Waals surface area contributed by atoms with Gasteiger partial charge in [0.25, 0.3) is 0 Å². The molecule has 0 aliphatic rings. The minimum absolute atomic E-state index is 0.367. The van der Waals surface area contributed by atoms with Gasteiger partial charge in [0.15, 0.2) is 0 Å². The number of benzene rings is 3. The lowest BCUT2D eigenvalue weighted by molar-refractivity contribution is -0.137. The Hall–Kier alpha value is -3.99. The van der Waals surface area contributed by atoms with Crippen LogP contribution in [0.25, 0.3) is 11.3 Å². The van der Waals surface area contributed by atoms with E-state index in [1.807, 2.05) is 48.5 Å². The molecular formula is C27H25N3O2. The molecule has 0 fully saturated rings. The van der Waals surface area contributed by atoms with Gasteiger partial charge < -0.3 is 10.4 Å². The van der Waals surface area contributed by atoms with Crippen molar-refractivity contribution in [1.82, 2.24) is 9.97 Å². The Kier molecular flexibility index (Phi) is 6.88. The Bertz CT molecular complexity index is 1150. The molecule has 1 aromatic heterocycles. The van der Waals surface area contributed by atoms with Gasteiger partial charge in [-0.25, -0.2) is 14.8 Å². The molecule has 0 saturated heterocycles. The number of nitrogens with zero attached hydrogens (tertiary/aromatic N) is 2. The first-order chi connectivity index (χ1) is 15.7. The van der Waals surface area contributed by atoms with Crippen LogP contribution in [0.3, 0.4) is 0 Å². The first kappa shape index (κ1) is 21.2. The van der Waals surface area contributed by atoms with Gasteiger partial charge in [-0.3, -0.25) is 0 Å². The second-order valence-electron chi connectivity index (χ2n) is 7.70. The van der Waals surface area contributed by atoms with Gasteiger partial charge in [0.05, 0.1) is 5.69 Å². The van der Waals surface area contributed by atoms with E-state index in [4.69, 9.17) is 0 Å². The van der Waals surface area contributed by atoms with E-state index in [0.29, 0.717) is 12.2 Å². The van der Waals surface area contributed by atoms with E-state index >= 15 is 0 Å². The maximum Gasteiger partial charge on any atom is 0.326 e. The highest BCUT2D eigenvalue weighted by Gasteiger charge is 2.18. The largest absolute Gasteiger partial charge is 0.480 e. The molecule has 0 saturated carbocycles. The van der Waals surface area contributed by atoms with E-state index in [9.17, 15) is 9.90 Å². The number of anilines is 1. The summed E-state index contributed by atoms with van der Waals surface area (Å²) in [5.74, 6) is -0.428. The Labute approximate surface area is 187 Å². The van der Waals surface area contributed by atoms with Crippen LogP contribution in [-0.2, 0) is 24.1 Å². The van der Waals surface area contributed by atoms with E-state index in [2.05, 4.69) is 51.7 Å². The van der Waals surface area contributed by atoms with Crippen LogP contribution < -0.4 is 5.32 Å². The van der Waals surface area contributed by atoms with Crippen molar-refractivity contribution >= 4 is 11.8 Å². The second kappa shape index (κ2) is 10.4. The molecule has 0 amide bonds. The first-order valence-corrected chi connectivity index (χ1v) is 10.7. The topological polar surface area (TPSA) is 75.1 Å². The lowest BCUT2D eigenvalue weighted by Gasteiger charge is -2.15. The molecule has 4 aromatic rings. The molecule has 32 heavy (non-hydrogen) atoms. The molecule has 3 aromatic carbocycles. The normalized spacial score (nSPS) is 11.6. The average Bonchev–Trinajstić information content (AvgIpc) is 2.84. The van der Waals surface area contributed by atoms with Gasteiger partial charge in [-0.05, 0) is 29.5 Å². The summed E-state index contributed by atoms with van der Waals surface area (Å²) in [5.41, 5.74) is 5.26. The van der Waals surface area contributed by atoms with Gasteiger partial charge in [-0.2, -0.15) is 0 Å². The van der Waals surface area contributed by atoms with Gasteiger partial charge in [-0.15, -0.1) is 0 Å². The minimum Gasteiger partial charge on any atom is -0.480 e. The number of hydrogen-bond acceptors (Lipinski definition) is 4. The van der Waals surface area contributed by atoms with E-state index in [-0.39, 0.29) is 0 Å². The molecule has 0 aliphatic carbocycles. The van der Waals surface area contributed by atoms with Crippen molar-refractivity contribution in [2.75, 3.05) is 5.32 Å². The Morgan fingerprint density at radius 2 is 1.38 bits per heavy atom. The van der Waals surface area contributed by atoms with Crippen LogP contribution in [0.5, 0.6) is 0 Å². The highest BCUT2D eigenvalue weighted by Crippen LogP contribution is 2.21. The summed E-state index contributed by atoms with van der Waals surface area (Å²) in [5, 5.41) is 12.7. The molecule has 1 heterocycles. The molecule has 5 heteroatoms. The molecule has 5 nitrogen and oxygen atoms in total. The third-order valence-corrected chi connectivity index (χ3v) is 5.36. The van der Waals surface area contributed by atoms with E-state index in [1.54, 1.807) is 6.07 Å². The zero-order chi connectivity index (χ0) is 22.2. The van der Waals surface area contributed by atoms with Crippen molar-refractivity contribution in [3.63, 3.8) is 0 Å². The summed E-state index contributed by atoms with van der Waals surface area (Å²) in [6.07, 6.45) is 3.80. The molecule has 0 spiro atoms. The number of carbonyl (C=O) groups is 1. The van der Waals surface area contributed by atoms with Crippen LogP contribution >= 0.6 is 0 Å². The average molecular weight is 424 g/mol. The van der Waals surface area contributed by atoms with Crippen molar-refractivity contribution in [2.24, 2.45) is 0 Å². The minimum atomic E-state index is -0.920. The van der Waals surface area contributed by atoms with Gasteiger partial charge in [0, 0.05) is 18.1 Å². The zero-order valence-electron chi connectivity index (χ0n) is 17.7. The Morgan fingerprint density at radius 3 is 2.00 bits per heavy atom. The summed E-state index contributed by atoms with van der Waals surface area (Å²) in [6, 6.07) is 29.3. The monoisotopic (exact) mass is 423 g/mol. The molecule has 0 aliphatic heterocycles. The van der Waals surface area contributed by atoms with Crippen LogP contribution in [0.1, 0.15) is 16.7 Å². The number of nitrogens with one attached hydrogen (secondary N) is 1. The number of rotatable bonds is 9. The number of carboxylic acid groups (broad SMARTS) is 1. The van der Waals surface area contributed by atoms with Crippen LogP contribution in [-0.4, -0.2) is 27.1 Å². The summed E-state index contributed by atoms with van der Waals surface area (Å²) in [7, 11) is 0. The number of aromatic nitrogens is 2. The first-order valence-electron chi connectivity index (χ1n) is 10.7. The number of hydrogen-bond donors (Lipinski definition) is 2. The van der Waals surface area contributed by atoms with Gasteiger partial charge in [0.1, 0.15) is 18.2 Å². The molecule has 4 rings (SSSR count). The molecule has 1 unspecified atom stereocenters. The predicted octanol–water partition coefficient (Wildman–Crippen LogP) is 5.04. The fourth-order valence-corrected chi connectivity index (χ4v) is 3.60. The van der Waals surface area contributed by atoms with Crippen molar-refractivity contribution in [3.8, 4) is 11.3 Å². The molecule has 160 valence electrons. The highest BCUT2D eigenvalue weighted by molar-refractivity contribution is 5.77. The van der Waals surface area contributed by atoms with Gasteiger partial charge >= 0.3 is 5.97 Å². The number of aliphatic carboxylic acids is 1. The summed E-state index contributed by atoms with van der Waals surface area (Å²) < 4.78 is 0. The molecular weight excluding hydrogens is 398 g/mol. The lowest BCUT2D eigenvalue weighted by atomic mass is 10.0.